The zero-order chi connectivity index (χ0) is 13.7. The normalized spacial score (nSPS) is 20.2. The highest BCUT2D eigenvalue weighted by molar-refractivity contribution is 5.75. The SMILES string of the molecule is COc1ccccc1CC1CCCN(CC(N)=O)C1. The van der Waals surface area contributed by atoms with E-state index in [4.69, 9.17) is 10.5 Å². The zero-order valence-electron chi connectivity index (χ0n) is 11.5. The van der Waals surface area contributed by atoms with Gasteiger partial charge in [0.25, 0.3) is 0 Å². The maximum atomic E-state index is 11.0. The van der Waals surface area contributed by atoms with E-state index in [0.29, 0.717) is 12.5 Å². The van der Waals surface area contributed by atoms with Gasteiger partial charge in [0, 0.05) is 6.54 Å². The molecule has 1 aliphatic heterocycles. The first-order valence-electron chi connectivity index (χ1n) is 6.81. The summed E-state index contributed by atoms with van der Waals surface area (Å²) in [7, 11) is 1.71. The highest BCUT2D eigenvalue weighted by Gasteiger charge is 2.21. The Balaban J connectivity index is 1.96. The molecule has 2 N–H and O–H groups in total. The molecule has 2 rings (SSSR count). The second kappa shape index (κ2) is 6.57. The molecule has 1 saturated heterocycles. The van der Waals surface area contributed by atoms with Gasteiger partial charge in [-0.15, -0.1) is 0 Å². The molecule has 1 atom stereocenters. The molecule has 1 aliphatic rings. The van der Waals surface area contributed by atoms with E-state index in [2.05, 4.69) is 11.0 Å². The molecule has 0 saturated carbocycles. The molecule has 1 unspecified atom stereocenters. The van der Waals surface area contributed by atoms with Gasteiger partial charge in [-0.1, -0.05) is 18.2 Å². The summed E-state index contributed by atoms with van der Waals surface area (Å²) in [4.78, 5) is 13.2. The van der Waals surface area contributed by atoms with Gasteiger partial charge in [-0.05, 0) is 43.4 Å². The Kier molecular flexibility index (Phi) is 4.80. The van der Waals surface area contributed by atoms with Crippen molar-refractivity contribution in [1.29, 1.82) is 0 Å². The molecule has 1 fully saturated rings. The quantitative estimate of drug-likeness (QED) is 0.873. The van der Waals surface area contributed by atoms with E-state index in [1.807, 2.05) is 18.2 Å². The Morgan fingerprint density at radius 3 is 3.00 bits per heavy atom. The predicted molar refractivity (Wildman–Crippen MR) is 75.1 cm³/mol. The van der Waals surface area contributed by atoms with Gasteiger partial charge in [0.05, 0.1) is 13.7 Å². The van der Waals surface area contributed by atoms with E-state index in [1.165, 1.54) is 12.0 Å². The minimum Gasteiger partial charge on any atom is -0.496 e. The second-order valence-electron chi connectivity index (χ2n) is 5.23. The molecule has 1 heterocycles. The smallest absolute Gasteiger partial charge is 0.231 e. The van der Waals surface area contributed by atoms with Crippen LogP contribution < -0.4 is 10.5 Å². The van der Waals surface area contributed by atoms with Crippen LogP contribution in [0.2, 0.25) is 0 Å². The molecule has 4 heteroatoms. The highest BCUT2D eigenvalue weighted by atomic mass is 16.5. The molecule has 1 aromatic rings. The van der Waals surface area contributed by atoms with Crippen LogP contribution in [-0.4, -0.2) is 37.6 Å². The number of nitrogens with zero attached hydrogens (tertiary/aromatic N) is 1. The molecular formula is C15H22N2O2. The van der Waals surface area contributed by atoms with Crippen LogP contribution in [-0.2, 0) is 11.2 Å². The summed E-state index contributed by atoms with van der Waals surface area (Å²) in [6.07, 6.45) is 3.33. The lowest BCUT2D eigenvalue weighted by molar-refractivity contribution is -0.119. The first kappa shape index (κ1) is 13.9. The number of benzene rings is 1. The van der Waals surface area contributed by atoms with Gasteiger partial charge in [-0.25, -0.2) is 0 Å². The number of rotatable bonds is 5. The van der Waals surface area contributed by atoms with Crippen LogP contribution in [0, 0.1) is 5.92 Å². The molecule has 19 heavy (non-hydrogen) atoms. The van der Waals surface area contributed by atoms with Gasteiger partial charge >= 0.3 is 0 Å². The third kappa shape index (κ3) is 3.96. The summed E-state index contributed by atoms with van der Waals surface area (Å²) in [5.74, 6) is 1.29. The van der Waals surface area contributed by atoms with Gasteiger partial charge in [-0.2, -0.15) is 0 Å². The molecule has 1 amide bonds. The number of methoxy groups -OCH3 is 1. The number of hydrogen-bond donors (Lipinski definition) is 1. The van der Waals surface area contributed by atoms with E-state index < -0.39 is 0 Å². The minimum absolute atomic E-state index is 0.238. The van der Waals surface area contributed by atoms with Crippen LogP contribution in [0.5, 0.6) is 5.75 Å². The highest BCUT2D eigenvalue weighted by Crippen LogP contribution is 2.25. The molecule has 0 aliphatic carbocycles. The Morgan fingerprint density at radius 1 is 1.47 bits per heavy atom. The summed E-state index contributed by atoms with van der Waals surface area (Å²) in [6, 6.07) is 8.15. The molecular weight excluding hydrogens is 240 g/mol. The number of hydrogen-bond acceptors (Lipinski definition) is 3. The van der Waals surface area contributed by atoms with Gasteiger partial charge in [0.2, 0.25) is 5.91 Å². The third-order valence-electron chi connectivity index (χ3n) is 3.68. The van der Waals surface area contributed by atoms with E-state index >= 15 is 0 Å². The third-order valence-corrected chi connectivity index (χ3v) is 3.68. The van der Waals surface area contributed by atoms with E-state index in [0.717, 1.165) is 31.7 Å². The van der Waals surface area contributed by atoms with Crippen molar-refractivity contribution in [3.63, 3.8) is 0 Å². The molecule has 0 radical (unpaired) electrons. The van der Waals surface area contributed by atoms with Gasteiger partial charge in [0.1, 0.15) is 5.75 Å². The van der Waals surface area contributed by atoms with Gasteiger partial charge < -0.3 is 10.5 Å². The fraction of sp³-hybridized carbons (Fsp3) is 0.533. The zero-order valence-corrected chi connectivity index (χ0v) is 11.5. The van der Waals surface area contributed by atoms with Crippen LogP contribution in [0.4, 0.5) is 0 Å². The summed E-state index contributed by atoms with van der Waals surface area (Å²) in [6.45, 7) is 2.30. The molecule has 0 aromatic heterocycles. The Labute approximate surface area is 114 Å². The summed E-state index contributed by atoms with van der Waals surface area (Å²) >= 11 is 0. The average Bonchev–Trinajstić information content (AvgIpc) is 2.39. The Hall–Kier alpha value is -1.55. The first-order valence-corrected chi connectivity index (χ1v) is 6.81. The second-order valence-corrected chi connectivity index (χ2v) is 5.23. The van der Waals surface area contributed by atoms with Crippen molar-refractivity contribution in [1.82, 2.24) is 4.90 Å². The maximum absolute atomic E-state index is 11.0. The standard InChI is InChI=1S/C15H22N2O2/c1-19-14-7-3-2-6-13(14)9-12-5-4-8-17(10-12)11-15(16)18/h2-3,6-7,12H,4-5,8-11H2,1H3,(H2,16,18). The molecule has 0 spiro atoms. The van der Waals surface area contributed by atoms with Gasteiger partial charge in [0.15, 0.2) is 0 Å². The van der Waals surface area contributed by atoms with E-state index in [9.17, 15) is 4.79 Å². The number of carbonyl (C=O) groups excluding carboxylic acids is 1. The molecule has 4 nitrogen and oxygen atoms in total. The molecule has 0 bridgehead atoms. The van der Waals surface area contributed by atoms with Crippen LogP contribution in [0.3, 0.4) is 0 Å². The Morgan fingerprint density at radius 2 is 2.26 bits per heavy atom. The predicted octanol–water partition coefficient (Wildman–Crippen LogP) is 1.43. The minimum atomic E-state index is -0.238. The van der Waals surface area contributed by atoms with Crippen molar-refractivity contribution in [2.75, 3.05) is 26.7 Å². The van der Waals surface area contributed by atoms with Crippen molar-refractivity contribution in [2.45, 2.75) is 19.3 Å². The van der Waals surface area contributed by atoms with E-state index in [1.54, 1.807) is 7.11 Å². The lowest BCUT2D eigenvalue weighted by Gasteiger charge is -2.32. The van der Waals surface area contributed by atoms with Crippen molar-refractivity contribution >= 4 is 5.91 Å². The van der Waals surface area contributed by atoms with Crippen LogP contribution in [0.1, 0.15) is 18.4 Å². The van der Waals surface area contributed by atoms with Crippen molar-refractivity contribution in [2.24, 2.45) is 11.7 Å². The number of carbonyl (C=O) groups is 1. The number of amides is 1. The molecule has 104 valence electrons. The number of primary amides is 1. The summed E-state index contributed by atoms with van der Waals surface area (Å²) < 4.78 is 5.39. The monoisotopic (exact) mass is 262 g/mol. The lowest BCUT2D eigenvalue weighted by Crippen LogP contribution is -2.41. The average molecular weight is 262 g/mol. The van der Waals surface area contributed by atoms with Crippen LogP contribution >= 0.6 is 0 Å². The van der Waals surface area contributed by atoms with Crippen LogP contribution in [0.25, 0.3) is 0 Å². The largest absolute Gasteiger partial charge is 0.496 e. The first-order chi connectivity index (χ1) is 9.19. The topological polar surface area (TPSA) is 55.6 Å². The van der Waals surface area contributed by atoms with E-state index in [-0.39, 0.29) is 5.91 Å². The number of para-hydroxylation sites is 1. The van der Waals surface area contributed by atoms with Gasteiger partial charge in [-0.3, -0.25) is 9.69 Å². The molecule has 1 aromatic carbocycles. The number of likely N-dealkylation sites (tertiary alicyclic amines) is 1. The summed E-state index contributed by atoms with van der Waals surface area (Å²) in [5, 5.41) is 0. The fourth-order valence-corrected chi connectivity index (χ4v) is 2.86. The number of piperidine rings is 1. The maximum Gasteiger partial charge on any atom is 0.231 e. The fourth-order valence-electron chi connectivity index (χ4n) is 2.86. The van der Waals surface area contributed by atoms with Crippen molar-refractivity contribution < 1.29 is 9.53 Å². The number of nitrogens with two attached hydrogens (primary N) is 1. The number of ether oxygens (including phenoxy) is 1. The van der Waals surface area contributed by atoms with Crippen molar-refractivity contribution in [3.05, 3.63) is 29.8 Å². The lowest BCUT2D eigenvalue weighted by atomic mass is 9.91. The summed E-state index contributed by atoms with van der Waals surface area (Å²) in [5.41, 5.74) is 6.51. The Bertz CT molecular complexity index is 434. The van der Waals surface area contributed by atoms with Crippen molar-refractivity contribution in [3.8, 4) is 5.75 Å². The van der Waals surface area contributed by atoms with Crippen LogP contribution in [0.15, 0.2) is 24.3 Å².